The van der Waals surface area contributed by atoms with Crippen molar-refractivity contribution < 1.29 is 14.3 Å². The topological polar surface area (TPSA) is 84.0 Å². The summed E-state index contributed by atoms with van der Waals surface area (Å²) in [6, 6.07) is 7.58. The number of rotatable bonds is 15. The predicted molar refractivity (Wildman–Crippen MR) is 118 cm³/mol. The van der Waals surface area contributed by atoms with E-state index < -0.39 is 0 Å². The first-order valence-corrected chi connectivity index (χ1v) is 10.8. The highest BCUT2D eigenvalue weighted by Crippen LogP contribution is 2.07. The van der Waals surface area contributed by atoms with Crippen LogP contribution < -0.4 is 16.0 Å². The van der Waals surface area contributed by atoms with Gasteiger partial charge in [-0.25, -0.2) is 4.99 Å². The second-order valence-electron chi connectivity index (χ2n) is 6.66. The van der Waals surface area contributed by atoms with Crippen LogP contribution in [0.4, 0.5) is 0 Å². The van der Waals surface area contributed by atoms with Crippen LogP contribution >= 0.6 is 0 Å². The standard InChI is InChI=1S/C22H38N4O3/c1-4-7-13-28-15-16-29-14-12-25-22(23-6-3)26-18-19-9-8-10-20(17-19)21(27)24-11-5-2/h8-10,17H,4-7,11-16,18H2,1-3H3,(H,24,27)(H2,23,25,26). The SMILES string of the molecule is CCCCOCCOCCNC(=NCc1cccc(C(=O)NCCC)c1)NCC. The monoisotopic (exact) mass is 406 g/mol. The van der Waals surface area contributed by atoms with Gasteiger partial charge in [0.15, 0.2) is 5.96 Å². The Bertz CT molecular complexity index is 593. The Morgan fingerprint density at radius 3 is 2.45 bits per heavy atom. The summed E-state index contributed by atoms with van der Waals surface area (Å²) in [4.78, 5) is 16.7. The van der Waals surface area contributed by atoms with Crippen LogP contribution in [0.25, 0.3) is 0 Å². The molecule has 164 valence electrons. The molecule has 0 spiro atoms. The fourth-order valence-corrected chi connectivity index (χ4v) is 2.47. The summed E-state index contributed by atoms with van der Waals surface area (Å²) < 4.78 is 11.0. The lowest BCUT2D eigenvalue weighted by Gasteiger charge is -2.12. The van der Waals surface area contributed by atoms with E-state index in [9.17, 15) is 4.79 Å². The van der Waals surface area contributed by atoms with Gasteiger partial charge in [-0.1, -0.05) is 32.4 Å². The highest BCUT2D eigenvalue weighted by Gasteiger charge is 2.05. The summed E-state index contributed by atoms with van der Waals surface area (Å²) in [7, 11) is 0. The molecule has 0 saturated carbocycles. The summed E-state index contributed by atoms with van der Waals surface area (Å²) in [6.07, 6.45) is 3.16. The van der Waals surface area contributed by atoms with Gasteiger partial charge in [0.1, 0.15) is 0 Å². The van der Waals surface area contributed by atoms with Gasteiger partial charge in [0.25, 0.3) is 5.91 Å². The second kappa shape index (κ2) is 16.8. The quantitative estimate of drug-likeness (QED) is 0.237. The van der Waals surface area contributed by atoms with Crippen LogP contribution in [0.1, 0.15) is 56.0 Å². The maximum atomic E-state index is 12.1. The molecule has 1 amide bonds. The molecule has 0 unspecified atom stereocenters. The van der Waals surface area contributed by atoms with E-state index >= 15 is 0 Å². The molecule has 0 saturated heterocycles. The summed E-state index contributed by atoms with van der Waals surface area (Å²) in [5, 5.41) is 9.38. The van der Waals surface area contributed by atoms with E-state index in [1.54, 1.807) is 0 Å². The lowest BCUT2D eigenvalue weighted by atomic mass is 10.1. The van der Waals surface area contributed by atoms with Crippen molar-refractivity contribution in [3.8, 4) is 0 Å². The fourth-order valence-electron chi connectivity index (χ4n) is 2.47. The third-order valence-corrected chi connectivity index (χ3v) is 4.04. The van der Waals surface area contributed by atoms with E-state index in [1.165, 1.54) is 0 Å². The first-order chi connectivity index (χ1) is 14.2. The van der Waals surface area contributed by atoms with Crippen molar-refractivity contribution in [2.45, 2.75) is 46.6 Å². The first-order valence-electron chi connectivity index (χ1n) is 10.8. The zero-order chi connectivity index (χ0) is 21.2. The van der Waals surface area contributed by atoms with E-state index in [1.807, 2.05) is 38.1 Å². The lowest BCUT2D eigenvalue weighted by molar-refractivity contribution is 0.0487. The zero-order valence-electron chi connectivity index (χ0n) is 18.3. The van der Waals surface area contributed by atoms with E-state index in [0.717, 1.165) is 43.9 Å². The Labute approximate surface area is 175 Å². The third-order valence-electron chi connectivity index (χ3n) is 4.04. The van der Waals surface area contributed by atoms with E-state index in [-0.39, 0.29) is 5.91 Å². The average Bonchev–Trinajstić information content (AvgIpc) is 2.74. The number of nitrogens with one attached hydrogen (secondary N) is 3. The highest BCUT2D eigenvalue weighted by atomic mass is 16.5. The first kappa shape index (κ1) is 24.9. The number of benzene rings is 1. The molecule has 0 bridgehead atoms. The van der Waals surface area contributed by atoms with Crippen molar-refractivity contribution in [2.24, 2.45) is 4.99 Å². The van der Waals surface area contributed by atoms with Gasteiger partial charge in [-0.2, -0.15) is 0 Å². The van der Waals surface area contributed by atoms with Gasteiger partial charge in [0.05, 0.1) is 26.4 Å². The minimum Gasteiger partial charge on any atom is -0.379 e. The molecule has 0 aliphatic carbocycles. The van der Waals surface area contributed by atoms with Crippen LogP contribution in [-0.2, 0) is 16.0 Å². The van der Waals surface area contributed by atoms with E-state index in [4.69, 9.17) is 9.47 Å². The van der Waals surface area contributed by atoms with Crippen molar-refractivity contribution in [3.63, 3.8) is 0 Å². The smallest absolute Gasteiger partial charge is 0.251 e. The molecule has 29 heavy (non-hydrogen) atoms. The Morgan fingerprint density at radius 1 is 0.931 bits per heavy atom. The molecule has 0 radical (unpaired) electrons. The van der Waals surface area contributed by atoms with Gasteiger partial charge in [0.2, 0.25) is 0 Å². The summed E-state index contributed by atoms with van der Waals surface area (Å²) in [6.45, 7) is 11.5. The summed E-state index contributed by atoms with van der Waals surface area (Å²) in [5.74, 6) is 0.690. The number of guanidine groups is 1. The number of aliphatic imine (C=N–C) groups is 1. The van der Waals surface area contributed by atoms with Crippen LogP contribution in [0.3, 0.4) is 0 Å². The number of hydrogen-bond acceptors (Lipinski definition) is 4. The Kier molecular flexibility index (Phi) is 14.4. The average molecular weight is 407 g/mol. The molecule has 7 heteroatoms. The van der Waals surface area contributed by atoms with Crippen molar-refractivity contribution in [3.05, 3.63) is 35.4 Å². The van der Waals surface area contributed by atoms with Crippen molar-refractivity contribution in [1.29, 1.82) is 0 Å². The molecule has 0 heterocycles. The lowest BCUT2D eigenvalue weighted by Crippen LogP contribution is -2.39. The van der Waals surface area contributed by atoms with Crippen LogP contribution in [-0.4, -0.2) is 57.9 Å². The van der Waals surface area contributed by atoms with Gasteiger partial charge in [-0.05, 0) is 37.5 Å². The number of nitrogens with zero attached hydrogens (tertiary/aromatic N) is 1. The number of ether oxygens (including phenoxy) is 2. The van der Waals surface area contributed by atoms with Crippen LogP contribution in [0, 0.1) is 0 Å². The van der Waals surface area contributed by atoms with Crippen molar-refractivity contribution in [2.75, 3.05) is 46.1 Å². The van der Waals surface area contributed by atoms with E-state index in [0.29, 0.717) is 45.0 Å². The maximum absolute atomic E-state index is 12.1. The van der Waals surface area contributed by atoms with Gasteiger partial charge >= 0.3 is 0 Å². The molecular formula is C22H38N4O3. The highest BCUT2D eigenvalue weighted by molar-refractivity contribution is 5.94. The number of amides is 1. The van der Waals surface area contributed by atoms with Crippen LogP contribution in [0.15, 0.2) is 29.3 Å². The molecule has 3 N–H and O–H groups in total. The maximum Gasteiger partial charge on any atom is 0.251 e. The van der Waals surface area contributed by atoms with Crippen LogP contribution in [0.5, 0.6) is 0 Å². The molecular weight excluding hydrogens is 368 g/mol. The Morgan fingerprint density at radius 2 is 1.72 bits per heavy atom. The third kappa shape index (κ3) is 12.1. The number of unbranched alkanes of at least 4 members (excludes halogenated alkanes) is 1. The largest absolute Gasteiger partial charge is 0.379 e. The Balaban J connectivity index is 2.38. The zero-order valence-corrected chi connectivity index (χ0v) is 18.3. The second-order valence-corrected chi connectivity index (χ2v) is 6.66. The molecule has 0 aliphatic rings. The molecule has 7 nitrogen and oxygen atoms in total. The minimum atomic E-state index is -0.0430. The normalized spacial score (nSPS) is 11.3. The number of carbonyl (C=O) groups excluding carboxylic acids is 1. The summed E-state index contributed by atoms with van der Waals surface area (Å²) >= 11 is 0. The van der Waals surface area contributed by atoms with Crippen LogP contribution in [0.2, 0.25) is 0 Å². The number of carbonyl (C=O) groups is 1. The molecule has 1 rings (SSSR count). The van der Waals surface area contributed by atoms with Gasteiger partial charge in [0, 0.05) is 31.8 Å². The van der Waals surface area contributed by atoms with Gasteiger partial charge in [-0.15, -0.1) is 0 Å². The Hall–Kier alpha value is -2.12. The molecule has 0 aliphatic heterocycles. The van der Waals surface area contributed by atoms with Crippen molar-refractivity contribution >= 4 is 11.9 Å². The molecule has 1 aromatic carbocycles. The molecule has 0 aromatic heterocycles. The molecule has 0 fully saturated rings. The molecule has 0 atom stereocenters. The molecule has 1 aromatic rings. The number of hydrogen-bond donors (Lipinski definition) is 3. The van der Waals surface area contributed by atoms with Crippen molar-refractivity contribution in [1.82, 2.24) is 16.0 Å². The summed E-state index contributed by atoms with van der Waals surface area (Å²) in [5.41, 5.74) is 1.66. The van der Waals surface area contributed by atoms with Gasteiger partial charge < -0.3 is 25.4 Å². The predicted octanol–water partition coefficient (Wildman–Crippen LogP) is 2.71. The fraction of sp³-hybridized carbons (Fsp3) is 0.636. The van der Waals surface area contributed by atoms with E-state index in [2.05, 4.69) is 27.9 Å². The minimum absolute atomic E-state index is 0.0430. The van der Waals surface area contributed by atoms with Gasteiger partial charge in [-0.3, -0.25) is 4.79 Å².